The van der Waals surface area contributed by atoms with Gasteiger partial charge >= 0.3 is 0 Å². The van der Waals surface area contributed by atoms with Crippen LogP contribution in [0.15, 0.2) is 109 Å². The number of amides is 2. The normalized spacial score (nSPS) is 14.2. The van der Waals surface area contributed by atoms with Crippen LogP contribution in [0.5, 0.6) is 0 Å². The second-order valence-electron chi connectivity index (χ2n) is 10.2. The molecule has 0 saturated heterocycles. The number of carbonyl (C=O) groups is 2. The SMILES string of the molecule is CCOCCCN1C(=O)c2ccccc2C1Nc1ccc(C(=O)NCCC(c2ccccc2)c2ccccc2)cc1. The van der Waals surface area contributed by atoms with Gasteiger partial charge in [-0.3, -0.25) is 9.59 Å². The van der Waals surface area contributed by atoms with Gasteiger partial charge in [0.25, 0.3) is 11.8 Å². The summed E-state index contributed by atoms with van der Waals surface area (Å²) in [4.78, 5) is 28.0. The van der Waals surface area contributed by atoms with Crippen molar-refractivity contribution < 1.29 is 14.3 Å². The number of anilines is 1. The first-order valence-electron chi connectivity index (χ1n) is 14.4. The molecule has 1 aliphatic rings. The molecule has 210 valence electrons. The molecule has 4 aromatic carbocycles. The largest absolute Gasteiger partial charge is 0.382 e. The third-order valence-electron chi connectivity index (χ3n) is 7.52. The van der Waals surface area contributed by atoms with Crippen molar-refractivity contribution in [1.82, 2.24) is 10.2 Å². The summed E-state index contributed by atoms with van der Waals surface area (Å²) >= 11 is 0. The van der Waals surface area contributed by atoms with Gasteiger partial charge < -0.3 is 20.3 Å². The van der Waals surface area contributed by atoms with Crippen LogP contribution in [0, 0.1) is 0 Å². The van der Waals surface area contributed by atoms with Crippen LogP contribution in [0.3, 0.4) is 0 Å². The van der Waals surface area contributed by atoms with Crippen LogP contribution in [0.4, 0.5) is 5.69 Å². The van der Waals surface area contributed by atoms with Crippen molar-refractivity contribution in [3.63, 3.8) is 0 Å². The van der Waals surface area contributed by atoms with Crippen molar-refractivity contribution in [2.24, 2.45) is 0 Å². The van der Waals surface area contributed by atoms with Crippen LogP contribution in [0.2, 0.25) is 0 Å². The van der Waals surface area contributed by atoms with Gasteiger partial charge in [0.15, 0.2) is 0 Å². The average molecular weight is 548 g/mol. The molecule has 0 saturated carbocycles. The summed E-state index contributed by atoms with van der Waals surface area (Å²) in [6, 6.07) is 36.0. The monoisotopic (exact) mass is 547 g/mol. The molecule has 0 fully saturated rings. The van der Waals surface area contributed by atoms with E-state index < -0.39 is 0 Å². The summed E-state index contributed by atoms with van der Waals surface area (Å²) in [5.41, 5.74) is 5.61. The number of ether oxygens (including phenoxy) is 1. The van der Waals surface area contributed by atoms with Crippen molar-refractivity contribution in [2.45, 2.75) is 31.8 Å². The highest BCUT2D eigenvalue weighted by molar-refractivity contribution is 5.99. The fraction of sp³-hybridized carbons (Fsp3) is 0.257. The molecule has 6 heteroatoms. The first kappa shape index (κ1) is 28.1. The minimum atomic E-state index is -0.270. The van der Waals surface area contributed by atoms with E-state index >= 15 is 0 Å². The van der Waals surface area contributed by atoms with Crippen LogP contribution >= 0.6 is 0 Å². The van der Waals surface area contributed by atoms with E-state index in [-0.39, 0.29) is 23.9 Å². The van der Waals surface area contributed by atoms with Crippen molar-refractivity contribution in [2.75, 3.05) is 31.6 Å². The number of rotatable bonds is 13. The highest BCUT2D eigenvalue weighted by Crippen LogP contribution is 2.34. The van der Waals surface area contributed by atoms with Gasteiger partial charge in [-0.2, -0.15) is 0 Å². The van der Waals surface area contributed by atoms with E-state index in [0.717, 1.165) is 29.7 Å². The van der Waals surface area contributed by atoms with Crippen molar-refractivity contribution in [1.29, 1.82) is 0 Å². The Bertz CT molecular complexity index is 1380. The van der Waals surface area contributed by atoms with Crippen LogP contribution in [0.1, 0.15) is 69.3 Å². The summed E-state index contributed by atoms with van der Waals surface area (Å²) in [6.07, 6.45) is 1.29. The van der Waals surface area contributed by atoms with E-state index in [1.165, 1.54) is 11.1 Å². The topological polar surface area (TPSA) is 70.7 Å². The summed E-state index contributed by atoms with van der Waals surface area (Å²) in [5.74, 6) is 0.128. The molecule has 5 rings (SSSR count). The lowest BCUT2D eigenvalue weighted by atomic mass is 9.88. The van der Waals surface area contributed by atoms with Crippen molar-refractivity contribution in [3.05, 3.63) is 137 Å². The first-order chi connectivity index (χ1) is 20.2. The van der Waals surface area contributed by atoms with Crippen molar-refractivity contribution >= 4 is 17.5 Å². The number of nitrogens with zero attached hydrogens (tertiary/aromatic N) is 1. The third kappa shape index (κ3) is 6.84. The van der Waals surface area contributed by atoms with Gasteiger partial charge in [-0.25, -0.2) is 0 Å². The van der Waals surface area contributed by atoms with Crippen LogP contribution in [-0.4, -0.2) is 43.0 Å². The maximum atomic E-state index is 13.1. The van der Waals surface area contributed by atoms with E-state index in [1.54, 1.807) is 0 Å². The first-order valence-corrected chi connectivity index (χ1v) is 14.4. The molecule has 2 N–H and O–H groups in total. The van der Waals surface area contributed by atoms with E-state index in [4.69, 9.17) is 4.74 Å². The fourth-order valence-electron chi connectivity index (χ4n) is 5.44. The van der Waals surface area contributed by atoms with Crippen LogP contribution in [0.25, 0.3) is 0 Å². The summed E-state index contributed by atoms with van der Waals surface area (Å²) in [5, 5.41) is 6.61. The Kier molecular flexibility index (Phi) is 9.45. The lowest BCUT2D eigenvalue weighted by Crippen LogP contribution is -2.33. The molecule has 41 heavy (non-hydrogen) atoms. The zero-order valence-corrected chi connectivity index (χ0v) is 23.5. The molecule has 0 aromatic heterocycles. The maximum Gasteiger partial charge on any atom is 0.256 e. The smallest absolute Gasteiger partial charge is 0.256 e. The number of nitrogens with one attached hydrogen (secondary N) is 2. The van der Waals surface area contributed by atoms with Crippen LogP contribution < -0.4 is 10.6 Å². The number of benzene rings is 4. The molecule has 1 aliphatic heterocycles. The quantitative estimate of drug-likeness (QED) is 0.184. The zero-order valence-electron chi connectivity index (χ0n) is 23.5. The third-order valence-corrected chi connectivity index (χ3v) is 7.52. The molecule has 0 radical (unpaired) electrons. The highest BCUT2D eigenvalue weighted by atomic mass is 16.5. The Morgan fingerprint density at radius 2 is 1.49 bits per heavy atom. The van der Waals surface area contributed by atoms with Gasteiger partial charge in [0.05, 0.1) is 0 Å². The predicted octanol–water partition coefficient (Wildman–Crippen LogP) is 6.63. The molecule has 6 nitrogen and oxygen atoms in total. The Morgan fingerprint density at radius 1 is 0.854 bits per heavy atom. The Balaban J connectivity index is 1.21. The predicted molar refractivity (Wildman–Crippen MR) is 163 cm³/mol. The standard InChI is InChI=1S/C35H37N3O3/c1-2-41-25-11-24-38-33(31-16-9-10-17-32(31)35(38)40)37-29-20-18-28(19-21-29)34(39)36-23-22-30(26-12-5-3-6-13-26)27-14-7-4-8-15-27/h3-10,12-21,30,33,37H,2,11,22-25H2,1H3,(H,36,39). The lowest BCUT2D eigenvalue weighted by molar-refractivity contribution is 0.0708. The lowest BCUT2D eigenvalue weighted by Gasteiger charge is -2.27. The number of fused-ring (bicyclic) bond motifs is 1. The highest BCUT2D eigenvalue weighted by Gasteiger charge is 2.36. The summed E-state index contributed by atoms with van der Waals surface area (Å²) in [7, 11) is 0. The molecular weight excluding hydrogens is 510 g/mol. The van der Waals surface area contributed by atoms with E-state index in [1.807, 2.05) is 72.5 Å². The van der Waals surface area contributed by atoms with Gasteiger partial charge in [-0.05, 0) is 61.2 Å². The molecule has 0 bridgehead atoms. The molecular formula is C35H37N3O3. The zero-order chi connectivity index (χ0) is 28.4. The molecule has 1 atom stereocenters. The minimum Gasteiger partial charge on any atom is -0.382 e. The summed E-state index contributed by atoms with van der Waals surface area (Å²) < 4.78 is 5.48. The molecule has 4 aromatic rings. The van der Waals surface area contributed by atoms with Gasteiger partial charge in [-0.1, -0.05) is 78.9 Å². The van der Waals surface area contributed by atoms with Crippen molar-refractivity contribution in [3.8, 4) is 0 Å². The number of hydrogen-bond donors (Lipinski definition) is 2. The number of hydrogen-bond acceptors (Lipinski definition) is 4. The maximum absolute atomic E-state index is 13.1. The Labute approximate surface area is 242 Å². The van der Waals surface area contributed by atoms with Gasteiger partial charge in [-0.15, -0.1) is 0 Å². The molecule has 0 spiro atoms. The van der Waals surface area contributed by atoms with E-state index in [2.05, 4.69) is 59.2 Å². The second kappa shape index (κ2) is 13.8. The van der Waals surface area contributed by atoms with E-state index in [9.17, 15) is 9.59 Å². The van der Waals surface area contributed by atoms with Crippen LogP contribution in [-0.2, 0) is 4.74 Å². The fourth-order valence-corrected chi connectivity index (χ4v) is 5.44. The molecule has 2 amide bonds. The second-order valence-corrected chi connectivity index (χ2v) is 10.2. The summed E-state index contributed by atoms with van der Waals surface area (Å²) in [6.45, 7) is 4.40. The molecule has 1 heterocycles. The minimum absolute atomic E-state index is 0.0231. The van der Waals surface area contributed by atoms with E-state index in [0.29, 0.717) is 31.9 Å². The average Bonchev–Trinajstić information content (AvgIpc) is 3.28. The molecule has 0 aliphatic carbocycles. The van der Waals surface area contributed by atoms with Gasteiger partial charge in [0, 0.05) is 54.6 Å². The van der Waals surface area contributed by atoms with Gasteiger partial charge in [0.2, 0.25) is 0 Å². The number of carbonyl (C=O) groups excluding carboxylic acids is 2. The Hall–Kier alpha value is -4.42. The van der Waals surface area contributed by atoms with Gasteiger partial charge in [0.1, 0.15) is 6.17 Å². The Morgan fingerprint density at radius 3 is 2.15 bits per heavy atom. The molecule has 1 unspecified atom stereocenters.